The number of nitrogens with zero attached hydrogens (tertiary/aromatic N) is 3. The van der Waals surface area contributed by atoms with Crippen LogP contribution in [0.15, 0.2) is 0 Å². The van der Waals surface area contributed by atoms with E-state index in [0.29, 0.717) is 24.9 Å². The molecular weight excluding hydrogens is 368 g/mol. The van der Waals surface area contributed by atoms with E-state index >= 15 is 0 Å². The number of likely N-dealkylation sites (N-methyl/N-ethyl adjacent to an activating group) is 1. The van der Waals surface area contributed by atoms with Crippen LogP contribution in [0, 0.1) is 5.92 Å². The summed E-state index contributed by atoms with van der Waals surface area (Å²) in [6.45, 7) is 9.80. The molecule has 1 spiro atoms. The van der Waals surface area contributed by atoms with Gasteiger partial charge in [-0.3, -0.25) is 14.5 Å². The fraction of sp³-hybridized carbons (Fsp3) is 0.909. The van der Waals surface area contributed by atoms with Gasteiger partial charge in [0.05, 0.1) is 12.0 Å². The van der Waals surface area contributed by atoms with Gasteiger partial charge in [-0.05, 0) is 45.1 Å². The van der Waals surface area contributed by atoms with E-state index < -0.39 is 0 Å². The highest BCUT2D eigenvalue weighted by Gasteiger charge is 2.49. The van der Waals surface area contributed by atoms with Gasteiger partial charge in [-0.1, -0.05) is 13.8 Å². The van der Waals surface area contributed by atoms with Crippen molar-refractivity contribution in [3.63, 3.8) is 0 Å². The molecule has 4 aliphatic heterocycles. The molecule has 0 aliphatic carbocycles. The molecule has 0 aromatic heterocycles. The molecule has 0 radical (unpaired) electrons. The fourth-order valence-corrected chi connectivity index (χ4v) is 5.79. The van der Waals surface area contributed by atoms with Gasteiger partial charge in [-0.2, -0.15) is 0 Å². The molecular formula is C22H38N4O3. The van der Waals surface area contributed by atoms with Crippen molar-refractivity contribution < 1.29 is 14.3 Å². The zero-order valence-corrected chi connectivity index (χ0v) is 18.4. The summed E-state index contributed by atoms with van der Waals surface area (Å²) in [6, 6.07) is 0.453. The molecule has 1 N–H and O–H groups in total. The Balaban J connectivity index is 1.39. The molecule has 2 amide bonds. The van der Waals surface area contributed by atoms with Crippen molar-refractivity contribution in [3.8, 4) is 0 Å². The SMILES string of the molecule is CC(C)CN1CCC2(CC1)CC(=O)N1C[C@@H](N(C)C3CCOCC3)C[C@H]1C(=O)N2. The lowest BCUT2D eigenvalue weighted by Crippen LogP contribution is -2.56. The number of rotatable bonds is 4. The number of amides is 2. The highest BCUT2D eigenvalue weighted by Crippen LogP contribution is 2.34. The van der Waals surface area contributed by atoms with Crippen LogP contribution in [0.3, 0.4) is 0 Å². The molecule has 7 heteroatoms. The topological polar surface area (TPSA) is 65.1 Å². The van der Waals surface area contributed by atoms with E-state index in [2.05, 4.69) is 36.0 Å². The van der Waals surface area contributed by atoms with Crippen molar-refractivity contribution >= 4 is 11.8 Å². The van der Waals surface area contributed by atoms with Crippen LogP contribution in [0.25, 0.3) is 0 Å². The third-order valence-corrected chi connectivity index (χ3v) is 7.56. The summed E-state index contributed by atoms with van der Waals surface area (Å²) < 4.78 is 5.49. The van der Waals surface area contributed by atoms with Crippen molar-refractivity contribution in [2.24, 2.45) is 5.92 Å². The van der Waals surface area contributed by atoms with Crippen LogP contribution in [-0.2, 0) is 14.3 Å². The lowest BCUT2D eigenvalue weighted by Gasteiger charge is -2.42. The first-order valence-corrected chi connectivity index (χ1v) is 11.5. The maximum atomic E-state index is 13.2. The van der Waals surface area contributed by atoms with E-state index in [1.54, 1.807) is 0 Å². The summed E-state index contributed by atoms with van der Waals surface area (Å²) >= 11 is 0. The number of carbonyl (C=O) groups excluding carboxylic acids is 2. The number of nitrogens with one attached hydrogen (secondary N) is 1. The second kappa shape index (κ2) is 8.52. The zero-order valence-electron chi connectivity index (χ0n) is 18.4. The molecule has 4 fully saturated rings. The van der Waals surface area contributed by atoms with Gasteiger partial charge < -0.3 is 19.9 Å². The molecule has 4 aliphatic rings. The van der Waals surface area contributed by atoms with Crippen molar-refractivity contribution in [2.45, 2.75) is 76.0 Å². The summed E-state index contributed by atoms with van der Waals surface area (Å²) in [5.74, 6) is 0.870. The third kappa shape index (κ3) is 4.47. The lowest BCUT2D eigenvalue weighted by molar-refractivity contribution is -0.135. The predicted molar refractivity (Wildman–Crippen MR) is 112 cm³/mol. The smallest absolute Gasteiger partial charge is 0.243 e. The first-order valence-electron chi connectivity index (χ1n) is 11.5. The minimum Gasteiger partial charge on any atom is -0.381 e. The van der Waals surface area contributed by atoms with Crippen LogP contribution in [-0.4, -0.2) is 96.6 Å². The summed E-state index contributed by atoms with van der Waals surface area (Å²) in [4.78, 5) is 33.1. The van der Waals surface area contributed by atoms with Crippen LogP contribution >= 0.6 is 0 Å². The number of fused-ring (bicyclic) bond motifs is 1. The normalized spacial score (nSPS) is 31.4. The Labute approximate surface area is 175 Å². The van der Waals surface area contributed by atoms with E-state index in [0.717, 1.165) is 65.0 Å². The average Bonchev–Trinajstić information content (AvgIpc) is 3.12. The molecule has 0 aromatic carbocycles. The van der Waals surface area contributed by atoms with E-state index in [9.17, 15) is 9.59 Å². The summed E-state index contributed by atoms with van der Waals surface area (Å²) in [6.07, 6.45) is 5.04. The molecule has 0 unspecified atom stereocenters. The molecule has 0 saturated carbocycles. The number of carbonyl (C=O) groups is 2. The largest absolute Gasteiger partial charge is 0.381 e. The standard InChI is InChI=1S/C22H38N4O3/c1-16(2)14-25-8-6-22(7-9-25)13-20(27)26-15-18(12-19(26)21(28)23-22)24(3)17-4-10-29-11-5-17/h16-19H,4-15H2,1-3H3,(H,23,28)/t18-,19-/m0/s1. The van der Waals surface area contributed by atoms with Gasteiger partial charge in [0.2, 0.25) is 11.8 Å². The number of likely N-dealkylation sites (tertiary alicyclic amines) is 1. The quantitative estimate of drug-likeness (QED) is 0.757. The third-order valence-electron chi connectivity index (χ3n) is 7.56. The zero-order chi connectivity index (χ0) is 20.6. The van der Waals surface area contributed by atoms with Crippen molar-refractivity contribution in [1.29, 1.82) is 0 Å². The molecule has 29 heavy (non-hydrogen) atoms. The van der Waals surface area contributed by atoms with Crippen LogP contribution in [0.4, 0.5) is 0 Å². The number of piperidine rings is 1. The van der Waals surface area contributed by atoms with Crippen molar-refractivity contribution in [2.75, 3.05) is 46.4 Å². The van der Waals surface area contributed by atoms with Gasteiger partial charge in [0.1, 0.15) is 6.04 Å². The van der Waals surface area contributed by atoms with Gasteiger partial charge in [-0.15, -0.1) is 0 Å². The molecule has 0 aromatic rings. The maximum Gasteiger partial charge on any atom is 0.243 e. The summed E-state index contributed by atoms with van der Waals surface area (Å²) in [7, 11) is 2.15. The fourth-order valence-electron chi connectivity index (χ4n) is 5.79. The van der Waals surface area contributed by atoms with Gasteiger partial charge in [-0.25, -0.2) is 0 Å². The van der Waals surface area contributed by atoms with E-state index in [1.807, 2.05) is 4.90 Å². The van der Waals surface area contributed by atoms with Gasteiger partial charge in [0.15, 0.2) is 0 Å². The van der Waals surface area contributed by atoms with Gasteiger partial charge >= 0.3 is 0 Å². The molecule has 0 bridgehead atoms. The van der Waals surface area contributed by atoms with Crippen LogP contribution in [0.1, 0.15) is 52.4 Å². The number of ether oxygens (including phenoxy) is 1. The highest BCUT2D eigenvalue weighted by molar-refractivity contribution is 5.92. The molecule has 7 nitrogen and oxygen atoms in total. The van der Waals surface area contributed by atoms with Crippen LogP contribution < -0.4 is 5.32 Å². The first-order chi connectivity index (χ1) is 13.9. The van der Waals surface area contributed by atoms with E-state index in [4.69, 9.17) is 4.74 Å². The Kier molecular flexibility index (Phi) is 6.19. The Morgan fingerprint density at radius 3 is 2.52 bits per heavy atom. The number of hydrogen-bond acceptors (Lipinski definition) is 5. The highest BCUT2D eigenvalue weighted by atomic mass is 16.5. The average molecular weight is 407 g/mol. The molecule has 2 atom stereocenters. The molecule has 4 rings (SSSR count). The Morgan fingerprint density at radius 1 is 1.17 bits per heavy atom. The van der Waals surface area contributed by atoms with Gasteiger partial charge in [0, 0.05) is 51.5 Å². The Morgan fingerprint density at radius 2 is 1.86 bits per heavy atom. The minimum absolute atomic E-state index is 0.0658. The molecule has 164 valence electrons. The predicted octanol–water partition coefficient (Wildman–Crippen LogP) is 1.08. The molecule has 4 saturated heterocycles. The van der Waals surface area contributed by atoms with Crippen LogP contribution in [0.5, 0.6) is 0 Å². The second-order valence-corrected chi connectivity index (χ2v) is 10.1. The first kappa shape index (κ1) is 21.1. The Hall–Kier alpha value is -1.18. The minimum atomic E-state index is -0.339. The Bertz CT molecular complexity index is 583. The second-order valence-electron chi connectivity index (χ2n) is 10.1. The van der Waals surface area contributed by atoms with Gasteiger partial charge in [0.25, 0.3) is 0 Å². The van der Waals surface area contributed by atoms with Crippen molar-refractivity contribution in [1.82, 2.24) is 20.0 Å². The van der Waals surface area contributed by atoms with E-state index in [-0.39, 0.29) is 29.4 Å². The summed E-state index contributed by atoms with van der Waals surface area (Å²) in [5, 5.41) is 3.34. The van der Waals surface area contributed by atoms with Crippen LogP contribution in [0.2, 0.25) is 0 Å². The van der Waals surface area contributed by atoms with E-state index in [1.165, 1.54) is 0 Å². The molecule has 4 heterocycles. The maximum absolute atomic E-state index is 13.2. The lowest BCUT2D eigenvalue weighted by atomic mass is 9.83. The van der Waals surface area contributed by atoms with Crippen molar-refractivity contribution in [3.05, 3.63) is 0 Å². The summed E-state index contributed by atoms with van der Waals surface area (Å²) in [5.41, 5.74) is -0.339. The number of hydrogen-bond donors (Lipinski definition) is 1. The monoisotopic (exact) mass is 406 g/mol.